The molecule has 0 radical (unpaired) electrons. The van der Waals surface area contributed by atoms with Gasteiger partial charge in [-0.15, -0.1) is 0 Å². The summed E-state index contributed by atoms with van der Waals surface area (Å²) in [5, 5.41) is 4.00. The fourth-order valence-electron chi connectivity index (χ4n) is 3.43. The summed E-state index contributed by atoms with van der Waals surface area (Å²) in [7, 11) is 0. The molecule has 0 spiro atoms. The van der Waals surface area contributed by atoms with E-state index in [-0.39, 0.29) is 5.91 Å². The van der Waals surface area contributed by atoms with Gasteiger partial charge >= 0.3 is 0 Å². The number of rotatable bonds is 6. The highest BCUT2D eigenvalue weighted by Gasteiger charge is 2.07. The standard InChI is InChI=1S/C26H20N4O2/c31-26(18-5-2-1-3-6-18)30-20-7-4-8-22(13-20)32-23-11-12-24-19(15-28-25(24)14-23)9-10-21-16-27-17-29-21/h1-17,28H,(H,27,29)(H,30,31)/b10-9+. The molecule has 32 heavy (non-hydrogen) atoms. The van der Waals surface area contributed by atoms with Crippen LogP contribution in [0, 0.1) is 0 Å². The molecule has 3 N–H and O–H groups in total. The summed E-state index contributed by atoms with van der Waals surface area (Å²) in [6, 6.07) is 22.4. The van der Waals surface area contributed by atoms with Crippen molar-refractivity contribution in [2.24, 2.45) is 0 Å². The number of nitrogens with zero attached hydrogens (tertiary/aromatic N) is 1. The molecule has 156 valence electrons. The lowest BCUT2D eigenvalue weighted by Crippen LogP contribution is -2.11. The molecule has 2 aromatic heterocycles. The molecule has 2 heterocycles. The van der Waals surface area contributed by atoms with Gasteiger partial charge in [-0.1, -0.05) is 30.3 Å². The first-order valence-corrected chi connectivity index (χ1v) is 10.2. The normalized spacial score (nSPS) is 11.1. The molecule has 0 fully saturated rings. The molecule has 0 atom stereocenters. The van der Waals surface area contributed by atoms with Crippen LogP contribution in [0.15, 0.2) is 91.5 Å². The molecule has 0 aliphatic heterocycles. The van der Waals surface area contributed by atoms with E-state index in [0.29, 0.717) is 22.7 Å². The van der Waals surface area contributed by atoms with E-state index in [1.165, 1.54) is 0 Å². The molecule has 6 nitrogen and oxygen atoms in total. The van der Waals surface area contributed by atoms with E-state index in [1.54, 1.807) is 30.7 Å². The molecule has 6 heteroatoms. The average Bonchev–Trinajstić information content (AvgIpc) is 3.48. The number of benzene rings is 3. The number of amides is 1. The number of aromatic nitrogens is 3. The first-order chi connectivity index (χ1) is 15.7. The van der Waals surface area contributed by atoms with E-state index in [4.69, 9.17) is 4.74 Å². The maximum Gasteiger partial charge on any atom is 0.255 e. The first-order valence-electron chi connectivity index (χ1n) is 10.2. The highest BCUT2D eigenvalue weighted by atomic mass is 16.5. The van der Waals surface area contributed by atoms with E-state index in [1.807, 2.05) is 72.9 Å². The molecular formula is C26H20N4O2. The van der Waals surface area contributed by atoms with Gasteiger partial charge in [-0.05, 0) is 48.0 Å². The molecule has 0 saturated carbocycles. The lowest BCUT2D eigenvalue weighted by molar-refractivity contribution is 0.102. The summed E-state index contributed by atoms with van der Waals surface area (Å²) in [5.41, 5.74) is 4.27. The number of H-pyrrole nitrogens is 2. The monoisotopic (exact) mass is 420 g/mol. The van der Waals surface area contributed by atoms with Gasteiger partial charge in [-0.2, -0.15) is 0 Å². The number of aromatic amines is 2. The molecule has 5 aromatic rings. The Kier molecular flexibility index (Phi) is 5.24. The molecule has 0 unspecified atom stereocenters. The predicted molar refractivity (Wildman–Crippen MR) is 127 cm³/mol. The summed E-state index contributed by atoms with van der Waals surface area (Å²) >= 11 is 0. The van der Waals surface area contributed by atoms with Crippen LogP contribution in [0.5, 0.6) is 11.5 Å². The lowest BCUT2D eigenvalue weighted by atomic mass is 10.1. The Labute approximate surface area is 184 Å². The molecule has 3 aromatic carbocycles. The Balaban J connectivity index is 1.31. The Morgan fingerprint density at radius 2 is 1.78 bits per heavy atom. The maximum absolute atomic E-state index is 12.4. The van der Waals surface area contributed by atoms with Gasteiger partial charge in [0.2, 0.25) is 0 Å². The van der Waals surface area contributed by atoms with Gasteiger partial charge in [0.1, 0.15) is 11.5 Å². The highest BCUT2D eigenvalue weighted by Crippen LogP contribution is 2.29. The van der Waals surface area contributed by atoms with Gasteiger partial charge in [0.25, 0.3) is 5.91 Å². The Morgan fingerprint density at radius 3 is 2.62 bits per heavy atom. The third-order valence-electron chi connectivity index (χ3n) is 5.01. The van der Waals surface area contributed by atoms with E-state index in [0.717, 1.165) is 22.2 Å². The number of ether oxygens (including phenoxy) is 1. The van der Waals surface area contributed by atoms with E-state index < -0.39 is 0 Å². The largest absolute Gasteiger partial charge is 0.457 e. The number of hydrogen-bond donors (Lipinski definition) is 3. The molecule has 0 saturated heterocycles. The Bertz CT molecular complexity index is 1390. The third-order valence-corrected chi connectivity index (χ3v) is 5.01. The number of nitrogens with one attached hydrogen (secondary N) is 3. The molecular weight excluding hydrogens is 400 g/mol. The van der Waals surface area contributed by atoms with Gasteiger partial charge in [0.15, 0.2) is 0 Å². The van der Waals surface area contributed by atoms with Crippen LogP contribution in [-0.2, 0) is 0 Å². The smallest absolute Gasteiger partial charge is 0.255 e. The van der Waals surface area contributed by atoms with Gasteiger partial charge in [-0.3, -0.25) is 4.79 Å². The Morgan fingerprint density at radius 1 is 0.906 bits per heavy atom. The van der Waals surface area contributed by atoms with Gasteiger partial charge in [-0.25, -0.2) is 4.98 Å². The summed E-state index contributed by atoms with van der Waals surface area (Å²) < 4.78 is 6.04. The highest BCUT2D eigenvalue weighted by molar-refractivity contribution is 6.04. The van der Waals surface area contributed by atoms with Crippen LogP contribution in [0.25, 0.3) is 23.1 Å². The Hall–Kier alpha value is -4.58. The molecule has 1 amide bonds. The van der Waals surface area contributed by atoms with Gasteiger partial charge in [0, 0.05) is 40.5 Å². The van der Waals surface area contributed by atoms with Crippen LogP contribution in [-0.4, -0.2) is 20.9 Å². The topological polar surface area (TPSA) is 82.8 Å². The SMILES string of the molecule is O=C(Nc1cccc(Oc2ccc3c(/C=C/c4cnc[nH]4)c[nH]c3c2)c1)c1ccccc1. The van der Waals surface area contributed by atoms with Crippen molar-refractivity contribution in [2.45, 2.75) is 0 Å². The number of imidazole rings is 1. The zero-order chi connectivity index (χ0) is 21.8. The van der Waals surface area contributed by atoms with Gasteiger partial charge in [0.05, 0.1) is 18.2 Å². The second kappa shape index (κ2) is 8.65. The molecule has 5 rings (SSSR count). The van der Waals surface area contributed by atoms with Crippen molar-refractivity contribution >= 4 is 34.6 Å². The number of fused-ring (bicyclic) bond motifs is 1. The van der Waals surface area contributed by atoms with E-state index >= 15 is 0 Å². The quantitative estimate of drug-likeness (QED) is 0.310. The van der Waals surface area contributed by atoms with Crippen molar-refractivity contribution in [1.29, 1.82) is 0 Å². The van der Waals surface area contributed by atoms with Crippen molar-refractivity contribution in [1.82, 2.24) is 15.0 Å². The van der Waals surface area contributed by atoms with E-state index in [9.17, 15) is 4.79 Å². The average molecular weight is 420 g/mol. The number of carbonyl (C=O) groups excluding carboxylic acids is 1. The summed E-state index contributed by atoms with van der Waals surface area (Å²) in [4.78, 5) is 22.8. The predicted octanol–water partition coefficient (Wildman–Crippen LogP) is 6.11. The van der Waals surface area contributed by atoms with Crippen LogP contribution in [0.2, 0.25) is 0 Å². The zero-order valence-corrected chi connectivity index (χ0v) is 17.1. The second-order valence-corrected chi connectivity index (χ2v) is 7.24. The fraction of sp³-hybridized carbons (Fsp3) is 0. The van der Waals surface area contributed by atoms with Crippen LogP contribution in [0.1, 0.15) is 21.6 Å². The van der Waals surface area contributed by atoms with Crippen molar-refractivity contribution in [3.05, 3.63) is 108 Å². The number of carbonyl (C=O) groups is 1. The number of hydrogen-bond acceptors (Lipinski definition) is 3. The van der Waals surface area contributed by atoms with Crippen molar-refractivity contribution in [3.63, 3.8) is 0 Å². The van der Waals surface area contributed by atoms with Crippen molar-refractivity contribution in [3.8, 4) is 11.5 Å². The number of anilines is 1. The van der Waals surface area contributed by atoms with E-state index in [2.05, 4.69) is 20.3 Å². The summed E-state index contributed by atoms with van der Waals surface area (Å²) in [6.45, 7) is 0. The van der Waals surface area contributed by atoms with Gasteiger partial charge < -0.3 is 20.0 Å². The van der Waals surface area contributed by atoms with Crippen molar-refractivity contribution in [2.75, 3.05) is 5.32 Å². The summed E-state index contributed by atoms with van der Waals surface area (Å²) in [6.07, 6.45) is 9.40. The van der Waals surface area contributed by atoms with Crippen LogP contribution < -0.4 is 10.1 Å². The minimum atomic E-state index is -0.161. The van der Waals surface area contributed by atoms with Crippen LogP contribution >= 0.6 is 0 Å². The minimum absolute atomic E-state index is 0.161. The lowest BCUT2D eigenvalue weighted by Gasteiger charge is -2.09. The first kappa shape index (κ1) is 19.4. The van der Waals surface area contributed by atoms with Crippen LogP contribution in [0.4, 0.5) is 5.69 Å². The molecule has 0 aliphatic carbocycles. The molecule has 0 bridgehead atoms. The summed E-state index contributed by atoms with van der Waals surface area (Å²) in [5.74, 6) is 1.18. The maximum atomic E-state index is 12.4. The fourth-order valence-corrected chi connectivity index (χ4v) is 3.43. The molecule has 0 aliphatic rings. The third kappa shape index (κ3) is 4.29. The second-order valence-electron chi connectivity index (χ2n) is 7.24. The van der Waals surface area contributed by atoms with Crippen molar-refractivity contribution < 1.29 is 9.53 Å². The minimum Gasteiger partial charge on any atom is -0.457 e. The van der Waals surface area contributed by atoms with Crippen LogP contribution in [0.3, 0.4) is 0 Å². The zero-order valence-electron chi connectivity index (χ0n) is 17.1.